The average molecular weight is 360 g/mol. The molecule has 2 aromatic rings. The fourth-order valence-electron chi connectivity index (χ4n) is 2.57. The highest BCUT2D eigenvalue weighted by molar-refractivity contribution is 7.89. The summed E-state index contributed by atoms with van der Waals surface area (Å²) in [5.74, 6) is -0.227. The molecule has 1 N–H and O–H groups in total. The summed E-state index contributed by atoms with van der Waals surface area (Å²) in [5.41, 5.74) is 2.19. The first-order valence-corrected chi connectivity index (χ1v) is 9.74. The second-order valence-corrected chi connectivity index (χ2v) is 7.91. The fraction of sp³-hybridized carbons (Fsp3) is 0.316. The number of nitrogens with zero attached hydrogens (tertiary/aromatic N) is 1. The minimum Gasteiger partial charge on any atom is -0.309 e. The van der Waals surface area contributed by atoms with E-state index in [9.17, 15) is 13.2 Å². The Morgan fingerprint density at radius 1 is 1.12 bits per heavy atom. The van der Waals surface area contributed by atoms with Gasteiger partial charge >= 0.3 is 0 Å². The van der Waals surface area contributed by atoms with Crippen LogP contribution < -0.4 is 9.62 Å². The first-order chi connectivity index (χ1) is 11.7. The number of carbonyl (C=O) groups excluding carboxylic acids is 1. The first-order valence-electron chi connectivity index (χ1n) is 8.25. The van der Waals surface area contributed by atoms with E-state index < -0.39 is 10.0 Å². The molecule has 1 amide bonds. The summed E-state index contributed by atoms with van der Waals surface area (Å²) in [6.07, 6.45) is 0. The molecule has 0 aliphatic carbocycles. The van der Waals surface area contributed by atoms with Gasteiger partial charge in [-0.15, -0.1) is 0 Å². The van der Waals surface area contributed by atoms with Gasteiger partial charge in [-0.2, -0.15) is 0 Å². The lowest BCUT2D eigenvalue weighted by Gasteiger charge is -2.22. The van der Waals surface area contributed by atoms with Gasteiger partial charge in [0.2, 0.25) is 10.0 Å². The third-order valence-corrected chi connectivity index (χ3v) is 5.31. The van der Waals surface area contributed by atoms with Crippen LogP contribution in [-0.2, 0) is 10.0 Å². The van der Waals surface area contributed by atoms with Gasteiger partial charge in [0.1, 0.15) is 0 Å². The Kier molecular flexibility index (Phi) is 5.98. The van der Waals surface area contributed by atoms with Crippen molar-refractivity contribution >= 4 is 21.6 Å². The van der Waals surface area contributed by atoms with Crippen LogP contribution >= 0.6 is 0 Å². The van der Waals surface area contributed by atoms with Crippen molar-refractivity contribution in [3.63, 3.8) is 0 Å². The number of benzene rings is 2. The van der Waals surface area contributed by atoms with Crippen LogP contribution in [0.4, 0.5) is 5.69 Å². The molecule has 0 aliphatic rings. The summed E-state index contributed by atoms with van der Waals surface area (Å²) in [6.45, 7) is 7.85. The van der Waals surface area contributed by atoms with E-state index in [0.717, 1.165) is 11.3 Å². The molecule has 2 rings (SSSR count). The molecular formula is C19H24N2O3S. The molecular weight excluding hydrogens is 336 g/mol. The Labute approximate surface area is 149 Å². The molecule has 0 saturated carbocycles. The Balaban J connectivity index is 2.37. The van der Waals surface area contributed by atoms with E-state index in [1.165, 1.54) is 12.1 Å². The highest BCUT2D eigenvalue weighted by atomic mass is 32.2. The van der Waals surface area contributed by atoms with Crippen LogP contribution in [0.25, 0.3) is 0 Å². The molecule has 0 heterocycles. The van der Waals surface area contributed by atoms with Gasteiger partial charge in [0, 0.05) is 23.8 Å². The van der Waals surface area contributed by atoms with E-state index in [2.05, 4.69) is 4.72 Å². The summed E-state index contributed by atoms with van der Waals surface area (Å²) >= 11 is 0. The van der Waals surface area contributed by atoms with Gasteiger partial charge in [-0.3, -0.25) is 4.79 Å². The van der Waals surface area contributed by atoms with Crippen LogP contribution in [0, 0.1) is 6.92 Å². The SMILES string of the molecule is CCN(C(=O)c1cccc(S(=O)(=O)NC(C)C)c1)c1cccc(C)c1. The van der Waals surface area contributed by atoms with E-state index in [4.69, 9.17) is 0 Å². The Hall–Kier alpha value is -2.18. The molecule has 6 heteroatoms. The standard InChI is InChI=1S/C19H24N2O3S/c1-5-21(17-10-6-8-15(4)12-17)19(22)16-9-7-11-18(13-16)25(23,24)20-14(2)3/h6-14,20H,5H2,1-4H3. The fourth-order valence-corrected chi connectivity index (χ4v) is 3.87. The van der Waals surface area contributed by atoms with Crippen molar-refractivity contribution in [2.45, 2.75) is 38.6 Å². The maximum atomic E-state index is 12.9. The summed E-state index contributed by atoms with van der Waals surface area (Å²) in [5, 5.41) is 0. The third-order valence-electron chi connectivity index (χ3n) is 3.66. The van der Waals surface area contributed by atoms with Gasteiger partial charge in [-0.1, -0.05) is 18.2 Å². The van der Waals surface area contributed by atoms with Gasteiger partial charge in [0.25, 0.3) is 5.91 Å². The van der Waals surface area contributed by atoms with E-state index in [-0.39, 0.29) is 16.8 Å². The zero-order valence-electron chi connectivity index (χ0n) is 15.0. The van der Waals surface area contributed by atoms with Gasteiger partial charge in [0.15, 0.2) is 0 Å². The number of rotatable bonds is 6. The minimum absolute atomic E-state index is 0.0901. The van der Waals surface area contributed by atoms with Crippen molar-refractivity contribution in [1.29, 1.82) is 0 Å². The highest BCUT2D eigenvalue weighted by Crippen LogP contribution is 2.20. The molecule has 0 aliphatic heterocycles. The molecule has 0 saturated heterocycles. The number of carbonyl (C=O) groups is 1. The second-order valence-electron chi connectivity index (χ2n) is 6.19. The molecule has 0 spiro atoms. The molecule has 0 radical (unpaired) electrons. The van der Waals surface area contributed by atoms with E-state index in [1.807, 2.05) is 38.1 Å². The third kappa shape index (κ3) is 4.67. The Morgan fingerprint density at radius 3 is 2.40 bits per heavy atom. The number of amides is 1. The number of nitrogens with one attached hydrogen (secondary N) is 1. The van der Waals surface area contributed by atoms with E-state index in [1.54, 1.807) is 30.9 Å². The lowest BCUT2D eigenvalue weighted by atomic mass is 10.1. The predicted molar refractivity (Wildman–Crippen MR) is 100 cm³/mol. The van der Waals surface area contributed by atoms with Crippen molar-refractivity contribution in [3.8, 4) is 0 Å². The zero-order chi connectivity index (χ0) is 18.6. The summed E-state index contributed by atoms with van der Waals surface area (Å²) in [7, 11) is -3.64. The molecule has 0 bridgehead atoms. The van der Waals surface area contributed by atoms with Crippen LogP contribution in [0.5, 0.6) is 0 Å². The lowest BCUT2D eigenvalue weighted by Crippen LogP contribution is -2.32. The van der Waals surface area contributed by atoms with Crippen LogP contribution in [0.15, 0.2) is 53.4 Å². The van der Waals surface area contributed by atoms with Gasteiger partial charge in [-0.25, -0.2) is 13.1 Å². The van der Waals surface area contributed by atoms with Crippen LogP contribution in [-0.4, -0.2) is 26.9 Å². The number of sulfonamides is 1. The molecule has 0 atom stereocenters. The maximum absolute atomic E-state index is 12.9. The minimum atomic E-state index is -3.64. The van der Waals surface area contributed by atoms with Crippen molar-refractivity contribution < 1.29 is 13.2 Å². The molecule has 25 heavy (non-hydrogen) atoms. The summed E-state index contributed by atoms with van der Waals surface area (Å²) < 4.78 is 27.2. The molecule has 5 nitrogen and oxygen atoms in total. The Bertz CT molecular complexity index is 860. The summed E-state index contributed by atoms with van der Waals surface area (Å²) in [4.78, 5) is 14.6. The monoisotopic (exact) mass is 360 g/mol. The van der Waals surface area contributed by atoms with E-state index >= 15 is 0 Å². The number of hydrogen-bond acceptors (Lipinski definition) is 3. The van der Waals surface area contributed by atoms with Crippen molar-refractivity contribution in [1.82, 2.24) is 4.72 Å². The lowest BCUT2D eigenvalue weighted by molar-refractivity contribution is 0.0988. The Morgan fingerprint density at radius 2 is 1.80 bits per heavy atom. The summed E-state index contributed by atoms with van der Waals surface area (Å²) in [6, 6.07) is 13.6. The second kappa shape index (κ2) is 7.80. The van der Waals surface area contributed by atoms with Gasteiger partial charge in [0.05, 0.1) is 4.90 Å². The van der Waals surface area contributed by atoms with E-state index in [0.29, 0.717) is 12.1 Å². The van der Waals surface area contributed by atoms with Crippen LogP contribution in [0.3, 0.4) is 0 Å². The first kappa shape index (κ1) is 19.1. The zero-order valence-corrected chi connectivity index (χ0v) is 15.8. The molecule has 134 valence electrons. The van der Waals surface area contributed by atoms with Crippen molar-refractivity contribution in [2.24, 2.45) is 0 Å². The van der Waals surface area contributed by atoms with Crippen molar-refractivity contribution in [2.75, 3.05) is 11.4 Å². The van der Waals surface area contributed by atoms with Gasteiger partial charge < -0.3 is 4.90 Å². The largest absolute Gasteiger partial charge is 0.309 e. The molecule has 2 aromatic carbocycles. The number of hydrogen-bond donors (Lipinski definition) is 1. The normalized spacial score (nSPS) is 11.6. The quantitative estimate of drug-likeness (QED) is 0.859. The van der Waals surface area contributed by atoms with Gasteiger partial charge in [-0.05, 0) is 63.6 Å². The van der Waals surface area contributed by atoms with Crippen LogP contribution in [0.2, 0.25) is 0 Å². The number of aryl methyl sites for hydroxylation is 1. The molecule has 0 aromatic heterocycles. The van der Waals surface area contributed by atoms with Crippen molar-refractivity contribution in [3.05, 3.63) is 59.7 Å². The average Bonchev–Trinajstić information content (AvgIpc) is 2.54. The molecule has 0 fully saturated rings. The number of anilines is 1. The topological polar surface area (TPSA) is 66.5 Å². The smallest absolute Gasteiger partial charge is 0.258 e. The highest BCUT2D eigenvalue weighted by Gasteiger charge is 2.20. The maximum Gasteiger partial charge on any atom is 0.258 e. The van der Waals surface area contributed by atoms with Crippen LogP contribution in [0.1, 0.15) is 36.7 Å². The molecule has 0 unspecified atom stereocenters. The predicted octanol–water partition coefficient (Wildman–Crippen LogP) is 3.35.